The number of hydrogen-bond donors (Lipinski definition) is 1. The van der Waals surface area contributed by atoms with Gasteiger partial charge in [0.15, 0.2) is 0 Å². The lowest BCUT2D eigenvalue weighted by atomic mass is 9.67. The maximum atomic E-state index is 13.2. The van der Waals surface area contributed by atoms with Crippen molar-refractivity contribution >= 4 is 40.8 Å². The van der Waals surface area contributed by atoms with Crippen LogP contribution in [0.1, 0.15) is 51.3 Å². The largest absolute Gasteiger partial charge is 0.332 e. The molecular formula is C22H30ClN3O3S. The lowest BCUT2D eigenvalue weighted by molar-refractivity contribution is -0.140. The van der Waals surface area contributed by atoms with E-state index in [0.29, 0.717) is 36.2 Å². The molecule has 1 aromatic rings. The maximum Gasteiger partial charge on any atom is 0.325 e. The Bertz CT molecular complexity index is 837. The van der Waals surface area contributed by atoms with Crippen LogP contribution in [0.3, 0.4) is 0 Å². The van der Waals surface area contributed by atoms with Gasteiger partial charge in [-0.05, 0) is 49.1 Å². The van der Waals surface area contributed by atoms with E-state index in [1.807, 2.05) is 6.07 Å². The van der Waals surface area contributed by atoms with E-state index in [-0.39, 0.29) is 23.8 Å². The molecule has 8 heteroatoms. The molecule has 1 saturated heterocycles. The quantitative estimate of drug-likeness (QED) is 0.513. The van der Waals surface area contributed by atoms with Crippen LogP contribution in [0.2, 0.25) is 4.34 Å². The van der Waals surface area contributed by atoms with Gasteiger partial charge in [0.05, 0.1) is 10.9 Å². The molecular weight excluding hydrogens is 422 g/mol. The molecule has 2 aliphatic rings. The highest BCUT2D eigenvalue weighted by atomic mass is 35.5. The Balaban J connectivity index is 1.67. The second-order valence-electron chi connectivity index (χ2n) is 9.31. The van der Waals surface area contributed by atoms with E-state index in [1.165, 1.54) is 11.3 Å². The van der Waals surface area contributed by atoms with Crippen molar-refractivity contribution in [2.24, 2.45) is 11.3 Å². The molecule has 2 heterocycles. The predicted molar refractivity (Wildman–Crippen MR) is 119 cm³/mol. The van der Waals surface area contributed by atoms with Gasteiger partial charge in [-0.3, -0.25) is 14.5 Å². The average molecular weight is 452 g/mol. The molecule has 0 radical (unpaired) electrons. The van der Waals surface area contributed by atoms with Gasteiger partial charge >= 0.3 is 6.03 Å². The van der Waals surface area contributed by atoms with E-state index in [9.17, 15) is 14.4 Å². The van der Waals surface area contributed by atoms with Crippen LogP contribution in [0.25, 0.3) is 0 Å². The fourth-order valence-electron chi connectivity index (χ4n) is 4.41. The molecule has 1 aliphatic carbocycles. The molecule has 1 aliphatic heterocycles. The Kier molecular flexibility index (Phi) is 6.63. The molecule has 1 spiro atoms. The van der Waals surface area contributed by atoms with Crippen LogP contribution < -0.4 is 5.32 Å². The summed E-state index contributed by atoms with van der Waals surface area (Å²) in [5.41, 5.74) is -0.678. The number of hydrogen-bond acceptors (Lipinski definition) is 4. The van der Waals surface area contributed by atoms with Gasteiger partial charge in [0.2, 0.25) is 5.91 Å². The van der Waals surface area contributed by atoms with E-state index in [2.05, 4.69) is 32.7 Å². The molecule has 4 amide bonds. The number of carbonyl (C=O) groups excluding carboxylic acids is 3. The summed E-state index contributed by atoms with van der Waals surface area (Å²) in [7, 11) is 0. The number of amides is 4. The minimum absolute atomic E-state index is 0.179. The first-order valence-corrected chi connectivity index (χ1v) is 11.5. The van der Waals surface area contributed by atoms with Gasteiger partial charge in [-0.1, -0.05) is 38.4 Å². The van der Waals surface area contributed by atoms with Crippen molar-refractivity contribution in [3.05, 3.63) is 34.0 Å². The zero-order valence-electron chi connectivity index (χ0n) is 17.9. The zero-order chi connectivity index (χ0) is 22.1. The van der Waals surface area contributed by atoms with Gasteiger partial charge in [0.25, 0.3) is 5.91 Å². The molecule has 30 heavy (non-hydrogen) atoms. The van der Waals surface area contributed by atoms with Crippen LogP contribution in [-0.4, -0.2) is 46.3 Å². The third-order valence-electron chi connectivity index (χ3n) is 6.28. The number of rotatable bonds is 6. The number of imide groups is 1. The fraction of sp³-hybridized carbons (Fsp3) is 0.591. The van der Waals surface area contributed by atoms with Gasteiger partial charge in [-0.15, -0.1) is 17.9 Å². The Morgan fingerprint density at radius 3 is 2.57 bits per heavy atom. The minimum Gasteiger partial charge on any atom is -0.332 e. The van der Waals surface area contributed by atoms with Gasteiger partial charge in [-0.2, -0.15) is 0 Å². The summed E-state index contributed by atoms with van der Waals surface area (Å²) >= 11 is 7.39. The van der Waals surface area contributed by atoms with Crippen LogP contribution in [0.5, 0.6) is 0 Å². The van der Waals surface area contributed by atoms with Crippen molar-refractivity contribution in [1.82, 2.24) is 15.1 Å². The first-order valence-electron chi connectivity index (χ1n) is 10.3. The van der Waals surface area contributed by atoms with Crippen LogP contribution >= 0.6 is 22.9 Å². The molecule has 0 bridgehead atoms. The van der Waals surface area contributed by atoms with Crippen LogP contribution in [0.15, 0.2) is 24.8 Å². The number of thiophene rings is 1. The number of nitrogens with zero attached hydrogens (tertiary/aromatic N) is 2. The lowest BCUT2D eigenvalue weighted by Crippen LogP contribution is -2.51. The van der Waals surface area contributed by atoms with Crippen LogP contribution in [0.4, 0.5) is 4.79 Å². The van der Waals surface area contributed by atoms with Crippen molar-refractivity contribution in [1.29, 1.82) is 0 Å². The number of carbonyl (C=O) groups is 3. The first kappa shape index (κ1) is 22.8. The summed E-state index contributed by atoms with van der Waals surface area (Å²) in [5, 5.41) is 2.90. The minimum atomic E-state index is -0.857. The Morgan fingerprint density at radius 2 is 2.03 bits per heavy atom. The normalized spacial score (nSPS) is 24.3. The highest BCUT2D eigenvalue weighted by Gasteiger charge is 2.53. The Hall–Kier alpha value is -1.86. The molecule has 2 fully saturated rings. The Morgan fingerprint density at radius 1 is 1.37 bits per heavy atom. The highest BCUT2D eigenvalue weighted by molar-refractivity contribution is 7.16. The number of halogens is 1. The highest BCUT2D eigenvalue weighted by Crippen LogP contribution is 2.43. The van der Waals surface area contributed by atoms with Gasteiger partial charge < -0.3 is 10.2 Å². The van der Waals surface area contributed by atoms with Crippen molar-refractivity contribution in [2.75, 3.05) is 13.1 Å². The van der Waals surface area contributed by atoms with Gasteiger partial charge in [-0.25, -0.2) is 4.79 Å². The third kappa shape index (κ3) is 4.72. The zero-order valence-corrected chi connectivity index (χ0v) is 19.4. The molecule has 3 rings (SSSR count). The second-order valence-corrected chi connectivity index (χ2v) is 11.1. The summed E-state index contributed by atoms with van der Waals surface area (Å²) in [5.74, 6) is -0.0431. The molecule has 0 aromatic carbocycles. The number of urea groups is 1. The summed E-state index contributed by atoms with van der Waals surface area (Å²) in [6.45, 7) is 10.8. The SMILES string of the molecule is C=CCN(Cc1ccc(Cl)s1)C(=O)CN1C(=O)NC2(CCC(C(C)(C)C)CC2)C1=O. The summed E-state index contributed by atoms with van der Waals surface area (Å²) < 4.78 is 0.651. The standard InChI is InChI=1S/C22H30ClN3O3S/c1-5-12-25(13-16-6-7-17(23)30-16)18(27)14-26-19(28)22(24-20(26)29)10-8-15(9-11-22)21(2,3)4/h5-7,15H,1,8-14H2,2-4H3,(H,24,29). The Labute approximate surface area is 187 Å². The smallest absolute Gasteiger partial charge is 0.325 e. The van der Waals surface area contributed by atoms with Crippen LogP contribution in [0, 0.1) is 11.3 Å². The topological polar surface area (TPSA) is 69.7 Å². The van der Waals surface area contributed by atoms with E-state index in [4.69, 9.17) is 11.6 Å². The third-order valence-corrected chi connectivity index (χ3v) is 7.50. The van der Waals surface area contributed by atoms with Crippen LogP contribution in [-0.2, 0) is 16.1 Å². The summed E-state index contributed by atoms with van der Waals surface area (Å²) in [6.07, 6.45) is 4.65. The van der Waals surface area contributed by atoms with Crippen molar-refractivity contribution in [2.45, 2.75) is 58.5 Å². The predicted octanol–water partition coefficient (Wildman–Crippen LogP) is 4.44. The maximum absolute atomic E-state index is 13.2. The molecule has 1 N–H and O–H groups in total. The molecule has 1 aromatic heterocycles. The first-order chi connectivity index (χ1) is 14.1. The monoisotopic (exact) mass is 451 g/mol. The summed E-state index contributed by atoms with van der Waals surface area (Å²) in [4.78, 5) is 42.3. The van der Waals surface area contributed by atoms with Crippen molar-refractivity contribution in [3.8, 4) is 0 Å². The van der Waals surface area contributed by atoms with Gasteiger partial charge in [0, 0.05) is 11.4 Å². The fourth-order valence-corrected chi connectivity index (χ4v) is 5.51. The molecule has 6 nitrogen and oxygen atoms in total. The average Bonchev–Trinajstić information content (AvgIpc) is 3.17. The lowest BCUT2D eigenvalue weighted by Gasteiger charge is -2.40. The molecule has 0 atom stereocenters. The van der Waals surface area contributed by atoms with Gasteiger partial charge in [0.1, 0.15) is 12.1 Å². The van der Waals surface area contributed by atoms with E-state index < -0.39 is 11.6 Å². The van der Waals surface area contributed by atoms with E-state index >= 15 is 0 Å². The summed E-state index contributed by atoms with van der Waals surface area (Å²) in [6, 6.07) is 3.18. The second kappa shape index (κ2) is 8.71. The molecule has 1 saturated carbocycles. The van der Waals surface area contributed by atoms with E-state index in [1.54, 1.807) is 17.0 Å². The van der Waals surface area contributed by atoms with E-state index in [0.717, 1.165) is 22.6 Å². The molecule has 164 valence electrons. The number of nitrogens with one attached hydrogen (secondary N) is 1. The molecule has 0 unspecified atom stereocenters. The van der Waals surface area contributed by atoms with Crippen molar-refractivity contribution < 1.29 is 14.4 Å². The van der Waals surface area contributed by atoms with Crippen molar-refractivity contribution in [3.63, 3.8) is 0 Å².